The summed E-state index contributed by atoms with van der Waals surface area (Å²) in [5.74, 6) is -1.83. The van der Waals surface area contributed by atoms with Crippen LogP contribution in [0.2, 0.25) is 5.02 Å². The largest absolute Gasteiger partial charge is 0.294 e. The summed E-state index contributed by atoms with van der Waals surface area (Å²) >= 11 is 5.45. The molecule has 1 nitrogen and oxygen atoms in total. The van der Waals surface area contributed by atoms with Gasteiger partial charge in [0.15, 0.2) is 5.78 Å². The third kappa shape index (κ3) is 1.76. The van der Waals surface area contributed by atoms with E-state index in [0.717, 1.165) is 12.5 Å². The Balaban J connectivity index is 2.65. The average Bonchev–Trinajstić information content (AvgIpc) is 2.39. The molecule has 0 unspecified atom stereocenters. The summed E-state index contributed by atoms with van der Waals surface area (Å²) in [7, 11) is 0. The zero-order valence-corrected chi connectivity index (χ0v) is 8.70. The minimum absolute atomic E-state index is 0.159. The lowest BCUT2D eigenvalue weighted by molar-refractivity contribution is 0.0981. The van der Waals surface area contributed by atoms with Crippen LogP contribution in [0.1, 0.15) is 35.2 Å². The van der Waals surface area contributed by atoms with Gasteiger partial charge in [0.2, 0.25) is 0 Å². The SMILES string of the molecule is O=C1CCCCc2c1cc(F)c(Cl)c2F. The zero-order chi connectivity index (χ0) is 11.0. The molecule has 4 heteroatoms. The number of halogens is 3. The fourth-order valence-electron chi connectivity index (χ4n) is 1.85. The molecule has 80 valence electrons. The third-order valence-corrected chi connectivity index (χ3v) is 2.99. The Morgan fingerprint density at radius 1 is 1.20 bits per heavy atom. The molecule has 0 aromatic heterocycles. The van der Waals surface area contributed by atoms with E-state index in [1.54, 1.807) is 0 Å². The number of carbonyl (C=O) groups is 1. The summed E-state index contributed by atoms with van der Waals surface area (Å²) in [4.78, 5) is 11.5. The lowest BCUT2D eigenvalue weighted by Crippen LogP contribution is -2.04. The number of hydrogen-bond acceptors (Lipinski definition) is 1. The summed E-state index contributed by atoms with van der Waals surface area (Å²) in [6.07, 6.45) is 2.25. The highest BCUT2D eigenvalue weighted by Gasteiger charge is 2.23. The molecule has 0 saturated carbocycles. The van der Waals surface area contributed by atoms with Crippen LogP contribution in [-0.4, -0.2) is 5.78 Å². The molecule has 0 saturated heterocycles. The van der Waals surface area contributed by atoms with E-state index in [1.165, 1.54) is 0 Å². The van der Waals surface area contributed by atoms with E-state index in [-0.39, 0.29) is 16.9 Å². The minimum Gasteiger partial charge on any atom is -0.294 e. The van der Waals surface area contributed by atoms with Crippen LogP contribution in [0.3, 0.4) is 0 Å². The van der Waals surface area contributed by atoms with Crippen LogP contribution in [0.4, 0.5) is 8.78 Å². The molecule has 1 aliphatic carbocycles. The number of Topliss-reactive ketones (excluding diaryl/α,β-unsaturated/α-hetero) is 1. The van der Waals surface area contributed by atoms with Gasteiger partial charge in [-0.25, -0.2) is 8.78 Å². The Labute approximate surface area is 91.0 Å². The molecule has 0 atom stereocenters. The Kier molecular flexibility index (Phi) is 2.74. The maximum Gasteiger partial charge on any atom is 0.163 e. The Morgan fingerprint density at radius 3 is 2.60 bits per heavy atom. The number of carbonyl (C=O) groups excluding carboxylic acids is 1. The average molecular weight is 231 g/mol. The highest BCUT2D eigenvalue weighted by molar-refractivity contribution is 6.31. The van der Waals surface area contributed by atoms with E-state index in [1.807, 2.05) is 0 Å². The van der Waals surface area contributed by atoms with Crippen molar-refractivity contribution in [2.24, 2.45) is 0 Å². The minimum atomic E-state index is -0.858. The van der Waals surface area contributed by atoms with Gasteiger partial charge >= 0.3 is 0 Å². The molecule has 0 heterocycles. The van der Waals surface area contributed by atoms with E-state index < -0.39 is 16.7 Å². The van der Waals surface area contributed by atoms with Crippen molar-refractivity contribution < 1.29 is 13.6 Å². The van der Waals surface area contributed by atoms with E-state index >= 15 is 0 Å². The van der Waals surface area contributed by atoms with Gasteiger partial charge in [-0.05, 0) is 25.3 Å². The van der Waals surface area contributed by atoms with Crippen molar-refractivity contribution in [2.45, 2.75) is 25.7 Å². The van der Waals surface area contributed by atoms with Gasteiger partial charge in [-0.3, -0.25) is 4.79 Å². The zero-order valence-electron chi connectivity index (χ0n) is 7.95. The van der Waals surface area contributed by atoms with Crippen molar-refractivity contribution in [1.29, 1.82) is 0 Å². The quantitative estimate of drug-likeness (QED) is 0.492. The van der Waals surface area contributed by atoms with Gasteiger partial charge in [-0.15, -0.1) is 0 Å². The van der Waals surface area contributed by atoms with Crippen LogP contribution in [0.5, 0.6) is 0 Å². The first-order valence-electron chi connectivity index (χ1n) is 4.81. The van der Waals surface area contributed by atoms with E-state index in [0.29, 0.717) is 19.3 Å². The van der Waals surface area contributed by atoms with Gasteiger partial charge in [0.25, 0.3) is 0 Å². The molecule has 0 fully saturated rings. The van der Waals surface area contributed by atoms with Crippen molar-refractivity contribution in [3.8, 4) is 0 Å². The predicted octanol–water partition coefficient (Wildman–Crippen LogP) is 3.53. The van der Waals surface area contributed by atoms with Crippen LogP contribution in [-0.2, 0) is 6.42 Å². The second kappa shape index (κ2) is 3.89. The third-order valence-electron chi connectivity index (χ3n) is 2.64. The van der Waals surface area contributed by atoms with Crippen molar-refractivity contribution in [2.75, 3.05) is 0 Å². The maximum absolute atomic E-state index is 13.6. The first kappa shape index (κ1) is 10.6. The van der Waals surface area contributed by atoms with Gasteiger partial charge in [0.1, 0.15) is 16.7 Å². The Hall–Kier alpha value is -0.960. The normalized spacial score (nSPS) is 16.1. The second-order valence-electron chi connectivity index (χ2n) is 3.64. The molecule has 0 radical (unpaired) electrons. The molecule has 0 aliphatic heterocycles. The van der Waals surface area contributed by atoms with Crippen molar-refractivity contribution in [1.82, 2.24) is 0 Å². The Morgan fingerprint density at radius 2 is 1.87 bits per heavy atom. The number of ketones is 1. The van der Waals surface area contributed by atoms with Crippen LogP contribution in [0.25, 0.3) is 0 Å². The van der Waals surface area contributed by atoms with Crippen molar-refractivity contribution >= 4 is 17.4 Å². The first-order chi connectivity index (χ1) is 7.11. The molecular formula is C11H9ClF2O. The van der Waals surface area contributed by atoms with Crippen molar-refractivity contribution in [3.05, 3.63) is 33.9 Å². The molecule has 15 heavy (non-hydrogen) atoms. The molecule has 0 amide bonds. The molecule has 0 spiro atoms. The summed E-state index contributed by atoms with van der Waals surface area (Å²) in [6.45, 7) is 0. The highest BCUT2D eigenvalue weighted by Crippen LogP contribution is 2.29. The molecule has 1 aromatic rings. The molecule has 2 rings (SSSR count). The van der Waals surface area contributed by atoms with E-state index in [4.69, 9.17) is 11.6 Å². The molecule has 1 aliphatic rings. The Bertz CT molecular complexity index is 429. The molecular weight excluding hydrogens is 222 g/mol. The van der Waals surface area contributed by atoms with Gasteiger partial charge in [-0.1, -0.05) is 11.6 Å². The lowest BCUT2D eigenvalue weighted by Gasteiger charge is -2.07. The number of hydrogen-bond donors (Lipinski definition) is 0. The molecule has 0 N–H and O–H groups in total. The van der Waals surface area contributed by atoms with Gasteiger partial charge in [-0.2, -0.15) is 0 Å². The fraction of sp³-hybridized carbons (Fsp3) is 0.364. The number of benzene rings is 1. The maximum atomic E-state index is 13.6. The van der Waals surface area contributed by atoms with Crippen LogP contribution < -0.4 is 0 Å². The smallest absolute Gasteiger partial charge is 0.163 e. The highest BCUT2D eigenvalue weighted by atomic mass is 35.5. The summed E-state index contributed by atoms with van der Waals surface area (Å²) < 4.78 is 26.7. The summed E-state index contributed by atoms with van der Waals surface area (Å²) in [5, 5.41) is -0.511. The topological polar surface area (TPSA) is 17.1 Å². The van der Waals surface area contributed by atoms with Crippen molar-refractivity contribution in [3.63, 3.8) is 0 Å². The van der Waals surface area contributed by atoms with Crippen LogP contribution in [0, 0.1) is 11.6 Å². The fourth-order valence-corrected chi connectivity index (χ4v) is 2.02. The van der Waals surface area contributed by atoms with E-state index in [2.05, 4.69) is 0 Å². The standard InChI is InChI=1S/C11H9ClF2O/c12-10-8(13)5-7-6(11(10)14)3-1-2-4-9(7)15/h5H,1-4H2. The van der Waals surface area contributed by atoms with Crippen LogP contribution >= 0.6 is 11.6 Å². The molecule has 1 aromatic carbocycles. The lowest BCUT2D eigenvalue weighted by atomic mass is 10.0. The van der Waals surface area contributed by atoms with Gasteiger partial charge in [0.05, 0.1) is 0 Å². The first-order valence-corrected chi connectivity index (χ1v) is 5.18. The van der Waals surface area contributed by atoms with Gasteiger partial charge in [0, 0.05) is 17.5 Å². The monoisotopic (exact) mass is 230 g/mol. The van der Waals surface area contributed by atoms with Crippen LogP contribution in [0.15, 0.2) is 6.07 Å². The molecule has 0 bridgehead atoms. The number of fused-ring (bicyclic) bond motifs is 1. The van der Waals surface area contributed by atoms with Gasteiger partial charge < -0.3 is 0 Å². The predicted molar refractivity (Wildman–Crippen MR) is 53.3 cm³/mol. The number of rotatable bonds is 0. The second-order valence-corrected chi connectivity index (χ2v) is 4.02. The summed E-state index contributed by atoms with van der Waals surface area (Å²) in [5.41, 5.74) is 0.427. The summed E-state index contributed by atoms with van der Waals surface area (Å²) in [6, 6.07) is 1.05. The van der Waals surface area contributed by atoms with E-state index in [9.17, 15) is 13.6 Å².